The molecular weight excluding hydrogens is 275 g/mol. The van der Waals surface area contributed by atoms with Gasteiger partial charge in [0.1, 0.15) is 5.82 Å². The minimum Gasteiger partial charge on any atom is -0.396 e. The summed E-state index contributed by atoms with van der Waals surface area (Å²) in [5.74, 6) is -0.594. The van der Waals surface area contributed by atoms with E-state index in [0.717, 1.165) is 6.07 Å². The number of aliphatic hydroxyl groups is 2. The zero-order chi connectivity index (χ0) is 14.3. The Kier molecular flexibility index (Phi) is 6.55. The second kappa shape index (κ2) is 7.93. The van der Waals surface area contributed by atoms with Crippen molar-refractivity contribution < 1.29 is 19.4 Å². The minimum atomic E-state index is -0.594. The molecule has 0 aliphatic rings. The molecule has 0 saturated heterocycles. The average molecular weight is 291 g/mol. The third kappa shape index (κ3) is 5.02. The van der Waals surface area contributed by atoms with Gasteiger partial charge in [-0.2, -0.15) is 0 Å². The maximum absolute atomic E-state index is 13.4. The molecule has 1 aromatic rings. The fraction of sp³-hybridized carbons (Fsp3) is 0.417. The SMILES string of the molecule is O=C(Nc1cc(Cl)ccc1F)N(CCO)CCCO. The molecule has 106 valence electrons. The maximum Gasteiger partial charge on any atom is 0.322 e. The highest BCUT2D eigenvalue weighted by Crippen LogP contribution is 2.19. The summed E-state index contributed by atoms with van der Waals surface area (Å²) < 4.78 is 13.4. The summed E-state index contributed by atoms with van der Waals surface area (Å²) in [6.45, 7) is 0.0940. The quantitative estimate of drug-likeness (QED) is 0.746. The topological polar surface area (TPSA) is 72.8 Å². The second-order valence-electron chi connectivity index (χ2n) is 3.84. The van der Waals surface area contributed by atoms with Crippen molar-refractivity contribution in [3.05, 3.63) is 29.0 Å². The lowest BCUT2D eigenvalue weighted by atomic mass is 10.3. The van der Waals surface area contributed by atoms with Crippen LogP contribution >= 0.6 is 11.6 Å². The lowest BCUT2D eigenvalue weighted by Gasteiger charge is -2.22. The number of urea groups is 1. The van der Waals surface area contributed by atoms with Crippen LogP contribution in [0.1, 0.15) is 6.42 Å². The number of nitrogens with one attached hydrogen (secondary N) is 1. The van der Waals surface area contributed by atoms with Crippen LogP contribution in [-0.2, 0) is 0 Å². The van der Waals surface area contributed by atoms with Crippen molar-refractivity contribution in [1.29, 1.82) is 0 Å². The standard InChI is InChI=1S/C12H16ClFN2O3/c13-9-2-3-10(14)11(8-9)15-12(19)16(5-7-18)4-1-6-17/h2-3,8,17-18H,1,4-7H2,(H,15,19). The highest BCUT2D eigenvalue weighted by Gasteiger charge is 2.14. The van der Waals surface area contributed by atoms with Crippen LogP contribution in [0.3, 0.4) is 0 Å². The van der Waals surface area contributed by atoms with E-state index in [4.69, 9.17) is 21.8 Å². The van der Waals surface area contributed by atoms with Gasteiger partial charge in [-0.05, 0) is 24.6 Å². The van der Waals surface area contributed by atoms with Crippen LogP contribution in [0.5, 0.6) is 0 Å². The summed E-state index contributed by atoms with van der Waals surface area (Å²) >= 11 is 5.72. The van der Waals surface area contributed by atoms with E-state index < -0.39 is 11.8 Å². The normalized spacial score (nSPS) is 10.3. The second-order valence-corrected chi connectivity index (χ2v) is 4.28. The molecule has 19 heavy (non-hydrogen) atoms. The molecule has 0 spiro atoms. The third-order valence-corrected chi connectivity index (χ3v) is 2.65. The van der Waals surface area contributed by atoms with Crippen molar-refractivity contribution in [2.24, 2.45) is 0 Å². The van der Waals surface area contributed by atoms with Crippen molar-refractivity contribution in [2.75, 3.05) is 31.6 Å². The fourth-order valence-electron chi connectivity index (χ4n) is 1.48. The number of aliphatic hydroxyl groups excluding tert-OH is 2. The van der Waals surface area contributed by atoms with Gasteiger partial charge in [0.05, 0.1) is 12.3 Å². The zero-order valence-corrected chi connectivity index (χ0v) is 11.0. The molecule has 3 N–H and O–H groups in total. The van der Waals surface area contributed by atoms with Gasteiger partial charge in [-0.1, -0.05) is 11.6 Å². The molecule has 0 aliphatic carbocycles. The summed E-state index contributed by atoms with van der Waals surface area (Å²) in [5, 5.41) is 20.3. The van der Waals surface area contributed by atoms with Gasteiger partial charge < -0.3 is 20.4 Å². The van der Waals surface area contributed by atoms with Crippen LogP contribution in [0.2, 0.25) is 5.02 Å². The van der Waals surface area contributed by atoms with Gasteiger partial charge in [0.2, 0.25) is 0 Å². The van der Waals surface area contributed by atoms with Crippen molar-refractivity contribution in [1.82, 2.24) is 4.90 Å². The molecule has 7 heteroatoms. The first-order valence-corrected chi connectivity index (χ1v) is 6.19. The lowest BCUT2D eigenvalue weighted by molar-refractivity contribution is 0.180. The first-order valence-electron chi connectivity index (χ1n) is 5.81. The smallest absolute Gasteiger partial charge is 0.322 e. The molecular formula is C12H16ClFN2O3. The Bertz CT molecular complexity index is 431. The Balaban J connectivity index is 2.71. The average Bonchev–Trinajstić information content (AvgIpc) is 2.38. The molecule has 0 atom stereocenters. The Labute approximate surface area is 115 Å². The van der Waals surface area contributed by atoms with Gasteiger partial charge in [0, 0.05) is 24.7 Å². The molecule has 0 bridgehead atoms. The van der Waals surface area contributed by atoms with Crippen molar-refractivity contribution >= 4 is 23.3 Å². The van der Waals surface area contributed by atoms with E-state index in [2.05, 4.69) is 5.32 Å². The predicted octanol–water partition coefficient (Wildman–Crippen LogP) is 1.69. The molecule has 0 aliphatic heterocycles. The molecule has 1 aromatic carbocycles. The Morgan fingerprint density at radius 1 is 1.32 bits per heavy atom. The summed E-state index contributed by atoms with van der Waals surface area (Å²) in [6.07, 6.45) is 0.380. The zero-order valence-electron chi connectivity index (χ0n) is 10.3. The van der Waals surface area contributed by atoms with Gasteiger partial charge in [0.25, 0.3) is 0 Å². The van der Waals surface area contributed by atoms with Crippen LogP contribution in [-0.4, -0.2) is 47.4 Å². The molecule has 5 nitrogen and oxygen atoms in total. The molecule has 1 rings (SSSR count). The van der Waals surface area contributed by atoms with E-state index >= 15 is 0 Å². The highest BCUT2D eigenvalue weighted by molar-refractivity contribution is 6.30. The van der Waals surface area contributed by atoms with Gasteiger partial charge in [-0.3, -0.25) is 0 Å². The number of benzene rings is 1. The molecule has 0 heterocycles. The third-order valence-electron chi connectivity index (χ3n) is 2.41. The predicted molar refractivity (Wildman–Crippen MR) is 70.8 cm³/mol. The minimum absolute atomic E-state index is 0.0237. The molecule has 2 amide bonds. The number of hydrogen-bond donors (Lipinski definition) is 3. The van der Waals surface area contributed by atoms with Crippen molar-refractivity contribution in [3.63, 3.8) is 0 Å². The van der Waals surface area contributed by atoms with Crippen LogP contribution < -0.4 is 5.32 Å². The van der Waals surface area contributed by atoms with Gasteiger partial charge in [0.15, 0.2) is 0 Å². The van der Waals surface area contributed by atoms with E-state index in [-0.39, 0.29) is 32.0 Å². The number of carbonyl (C=O) groups is 1. The Hall–Kier alpha value is -1.37. The van der Waals surface area contributed by atoms with Gasteiger partial charge in [-0.25, -0.2) is 9.18 Å². The molecule has 0 unspecified atom stereocenters. The number of carbonyl (C=O) groups excluding carboxylic acids is 1. The number of rotatable bonds is 6. The largest absolute Gasteiger partial charge is 0.396 e. The Morgan fingerprint density at radius 3 is 2.68 bits per heavy atom. The molecule has 0 saturated carbocycles. The van der Waals surface area contributed by atoms with E-state index in [1.165, 1.54) is 17.0 Å². The first-order chi connectivity index (χ1) is 9.08. The van der Waals surface area contributed by atoms with Crippen LogP contribution in [0.25, 0.3) is 0 Å². The monoisotopic (exact) mass is 290 g/mol. The van der Waals surface area contributed by atoms with Crippen LogP contribution in [0, 0.1) is 5.82 Å². The lowest BCUT2D eigenvalue weighted by Crippen LogP contribution is -2.38. The van der Waals surface area contributed by atoms with E-state index in [1.54, 1.807) is 0 Å². The summed E-state index contributed by atoms with van der Waals surface area (Å²) in [5.41, 5.74) is -0.0237. The van der Waals surface area contributed by atoms with Crippen LogP contribution in [0.4, 0.5) is 14.9 Å². The first kappa shape index (κ1) is 15.7. The van der Waals surface area contributed by atoms with Crippen molar-refractivity contribution in [2.45, 2.75) is 6.42 Å². The van der Waals surface area contributed by atoms with E-state index in [1.807, 2.05) is 0 Å². The van der Waals surface area contributed by atoms with E-state index in [0.29, 0.717) is 11.4 Å². The number of amides is 2. The molecule has 0 fully saturated rings. The Morgan fingerprint density at radius 2 is 2.05 bits per heavy atom. The fourth-order valence-corrected chi connectivity index (χ4v) is 1.66. The molecule has 0 radical (unpaired) electrons. The maximum atomic E-state index is 13.4. The molecule has 0 aromatic heterocycles. The highest BCUT2D eigenvalue weighted by atomic mass is 35.5. The van der Waals surface area contributed by atoms with Crippen molar-refractivity contribution in [3.8, 4) is 0 Å². The number of nitrogens with zero attached hydrogens (tertiary/aromatic N) is 1. The van der Waals surface area contributed by atoms with Gasteiger partial charge in [-0.15, -0.1) is 0 Å². The van der Waals surface area contributed by atoms with E-state index in [9.17, 15) is 9.18 Å². The number of halogens is 2. The summed E-state index contributed by atoms with van der Waals surface area (Å²) in [6, 6.07) is 3.28. The van der Waals surface area contributed by atoms with Crippen LogP contribution in [0.15, 0.2) is 18.2 Å². The van der Waals surface area contributed by atoms with Gasteiger partial charge >= 0.3 is 6.03 Å². The summed E-state index contributed by atoms with van der Waals surface area (Å²) in [4.78, 5) is 13.2. The summed E-state index contributed by atoms with van der Waals surface area (Å²) in [7, 11) is 0. The number of hydrogen-bond acceptors (Lipinski definition) is 3. The number of anilines is 1.